The highest BCUT2D eigenvalue weighted by molar-refractivity contribution is 7.17. The minimum absolute atomic E-state index is 0.153. The molecular weight excluding hydrogens is 430 g/mol. The zero-order chi connectivity index (χ0) is 22.9. The third-order valence-electron chi connectivity index (χ3n) is 5.13. The number of nitrogens with one attached hydrogen (secondary N) is 2. The lowest BCUT2D eigenvalue weighted by Gasteiger charge is -2.13. The number of fused-ring (bicyclic) bond motifs is 1. The molecular formula is C23H29N3O5S. The van der Waals surface area contributed by atoms with Gasteiger partial charge in [-0.1, -0.05) is 12.1 Å². The summed E-state index contributed by atoms with van der Waals surface area (Å²) in [4.78, 5) is 37.6. The van der Waals surface area contributed by atoms with E-state index in [1.807, 2.05) is 0 Å². The van der Waals surface area contributed by atoms with Crippen molar-refractivity contribution in [2.75, 3.05) is 32.2 Å². The van der Waals surface area contributed by atoms with E-state index in [0.29, 0.717) is 29.5 Å². The second-order valence-electron chi connectivity index (χ2n) is 7.64. The number of thiophene rings is 1. The molecule has 8 nitrogen and oxygen atoms in total. The van der Waals surface area contributed by atoms with E-state index in [-0.39, 0.29) is 24.8 Å². The number of methoxy groups -OCH3 is 1. The van der Waals surface area contributed by atoms with Crippen LogP contribution in [-0.2, 0) is 33.6 Å². The van der Waals surface area contributed by atoms with Crippen molar-refractivity contribution in [1.29, 1.82) is 0 Å². The van der Waals surface area contributed by atoms with E-state index in [1.165, 1.54) is 16.2 Å². The van der Waals surface area contributed by atoms with Gasteiger partial charge in [-0.25, -0.2) is 0 Å². The maximum absolute atomic E-state index is 12.9. The van der Waals surface area contributed by atoms with E-state index < -0.39 is 5.91 Å². The van der Waals surface area contributed by atoms with Crippen LogP contribution in [0.25, 0.3) is 0 Å². The number of aryl methyl sites for hydroxylation is 1. The van der Waals surface area contributed by atoms with Crippen molar-refractivity contribution in [2.24, 2.45) is 5.73 Å². The average Bonchev–Trinajstić information content (AvgIpc) is 3.13. The normalized spacial score (nSPS) is 12.7. The lowest BCUT2D eigenvalue weighted by molar-refractivity contribution is -0.118. The molecule has 2 aromatic rings. The molecule has 0 saturated heterocycles. The third-order valence-corrected chi connectivity index (χ3v) is 6.34. The van der Waals surface area contributed by atoms with Crippen molar-refractivity contribution < 1.29 is 23.9 Å². The van der Waals surface area contributed by atoms with Crippen LogP contribution < -0.4 is 21.1 Å². The summed E-state index contributed by atoms with van der Waals surface area (Å²) >= 11 is 1.47. The number of hydrogen-bond donors (Lipinski definition) is 3. The minimum Gasteiger partial charge on any atom is -0.484 e. The molecule has 0 fully saturated rings. The van der Waals surface area contributed by atoms with Gasteiger partial charge in [-0.15, -0.1) is 11.3 Å². The molecule has 4 N–H and O–H groups in total. The summed E-state index contributed by atoms with van der Waals surface area (Å²) in [5.41, 5.74) is 7.59. The number of hydrogen-bond acceptors (Lipinski definition) is 6. The fourth-order valence-corrected chi connectivity index (χ4v) is 4.92. The van der Waals surface area contributed by atoms with Crippen molar-refractivity contribution in [3.63, 3.8) is 0 Å². The Balaban J connectivity index is 1.62. The Bertz CT molecular complexity index is 955. The first-order valence-corrected chi connectivity index (χ1v) is 11.5. The summed E-state index contributed by atoms with van der Waals surface area (Å²) in [5.74, 6) is -0.398. The van der Waals surface area contributed by atoms with Gasteiger partial charge in [0, 0.05) is 25.1 Å². The number of primary amides is 1. The number of ether oxygens (including phenoxy) is 2. The summed E-state index contributed by atoms with van der Waals surface area (Å²) in [6, 6.07) is 6.84. The van der Waals surface area contributed by atoms with Crippen LogP contribution in [-0.4, -0.2) is 44.6 Å². The van der Waals surface area contributed by atoms with Crippen LogP contribution in [0.2, 0.25) is 0 Å². The molecule has 9 heteroatoms. The molecule has 0 aliphatic heterocycles. The van der Waals surface area contributed by atoms with Gasteiger partial charge >= 0.3 is 0 Å². The van der Waals surface area contributed by atoms with Gasteiger partial charge in [0.25, 0.3) is 11.8 Å². The zero-order valence-electron chi connectivity index (χ0n) is 18.2. The number of rotatable bonds is 11. The molecule has 0 radical (unpaired) electrons. The molecule has 1 heterocycles. The first-order valence-electron chi connectivity index (χ1n) is 10.7. The Hall–Kier alpha value is -2.91. The van der Waals surface area contributed by atoms with E-state index >= 15 is 0 Å². The predicted octanol–water partition coefficient (Wildman–Crippen LogP) is 2.44. The van der Waals surface area contributed by atoms with Gasteiger partial charge in [0.05, 0.1) is 12.0 Å². The summed E-state index contributed by atoms with van der Waals surface area (Å²) in [6.07, 6.45) is 4.77. The standard InChI is InChI=1S/C23H29N3O5S/c1-30-12-4-11-25-22(29)21-17-5-2-3-6-18(17)32-23(21)26-20(28)14-31-16-9-7-15(8-10-16)13-19(24)27/h7-10H,2-6,11-14H2,1H3,(H2,24,27)(H,25,29)(H,26,28). The van der Waals surface area contributed by atoms with Crippen molar-refractivity contribution in [2.45, 2.75) is 38.5 Å². The van der Waals surface area contributed by atoms with Crippen LogP contribution in [0.1, 0.15) is 45.6 Å². The van der Waals surface area contributed by atoms with Gasteiger partial charge in [-0.2, -0.15) is 0 Å². The van der Waals surface area contributed by atoms with Crippen LogP contribution in [0.5, 0.6) is 5.75 Å². The van der Waals surface area contributed by atoms with E-state index in [9.17, 15) is 14.4 Å². The molecule has 172 valence electrons. The van der Waals surface area contributed by atoms with Gasteiger partial charge in [-0.05, 0) is 55.4 Å². The van der Waals surface area contributed by atoms with E-state index in [1.54, 1.807) is 31.4 Å². The Morgan fingerprint density at radius 1 is 1.12 bits per heavy atom. The largest absolute Gasteiger partial charge is 0.484 e. The lowest BCUT2D eigenvalue weighted by atomic mass is 9.95. The summed E-state index contributed by atoms with van der Waals surface area (Å²) in [6.45, 7) is 0.901. The molecule has 0 bridgehead atoms. The first kappa shape index (κ1) is 23.7. The van der Waals surface area contributed by atoms with Gasteiger partial charge in [0.1, 0.15) is 10.8 Å². The van der Waals surface area contributed by atoms with Crippen LogP contribution in [0.4, 0.5) is 5.00 Å². The number of benzene rings is 1. The number of amides is 3. The number of anilines is 1. The van der Waals surface area contributed by atoms with Gasteiger partial charge in [0.15, 0.2) is 6.61 Å². The molecule has 0 spiro atoms. The van der Waals surface area contributed by atoms with Crippen molar-refractivity contribution in [3.8, 4) is 5.75 Å². The molecule has 1 aromatic heterocycles. The highest BCUT2D eigenvalue weighted by atomic mass is 32.1. The lowest BCUT2D eigenvalue weighted by Crippen LogP contribution is -2.28. The second-order valence-corrected chi connectivity index (χ2v) is 8.75. The van der Waals surface area contributed by atoms with E-state index in [0.717, 1.165) is 43.2 Å². The predicted molar refractivity (Wildman–Crippen MR) is 123 cm³/mol. The third kappa shape index (κ3) is 6.54. The Labute approximate surface area is 191 Å². The highest BCUT2D eigenvalue weighted by Gasteiger charge is 2.26. The molecule has 1 aliphatic carbocycles. The number of carbonyl (C=O) groups excluding carboxylic acids is 3. The SMILES string of the molecule is COCCCNC(=O)c1c(NC(=O)COc2ccc(CC(N)=O)cc2)sc2c1CCCC2. The molecule has 0 saturated carbocycles. The number of carbonyl (C=O) groups is 3. The summed E-state index contributed by atoms with van der Waals surface area (Å²) in [7, 11) is 1.63. The van der Waals surface area contributed by atoms with Crippen molar-refractivity contribution in [1.82, 2.24) is 5.32 Å². The molecule has 1 aliphatic rings. The van der Waals surface area contributed by atoms with Crippen LogP contribution in [0, 0.1) is 0 Å². The molecule has 3 rings (SSSR count). The van der Waals surface area contributed by atoms with Gasteiger partial charge in [0.2, 0.25) is 5.91 Å². The Morgan fingerprint density at radius 3 is 2.59 bits per heavy atom. The minimum atomic E-state index is -0.407. The van der Waals surface area contributed by atoms with E-state index in [2.05, 4.69) is 10.6 Å². The molecule has 1 aromatic carbocycles. The first-order chi connectivity index (χ1) is 15.5. The second kappa shape index (κ2) is 11.6. The smallest absolute Gasteiger partial charge is 0.262 e. The summed E-state index contributed by atoms with van der Waals surface area (Å²) in [5, 5.41) is 6.37. The van der Waals surface area contributed by atoms with Gasteiger partial charge in [-0.3, -0.25) is 14.4 Å². The quantitative estimate of drug-likeness (QED) is 0.446. The molecule has 0 unspecified atom stereocenters. The topological polar surface area (TPSA) is 120 Å². The van der Waals surface area contributed by atoms with Crippen LogP contribution >= 0.6 is 11.3 Å². The van der Waals surface area contributed by atoms with Crippen molar-refractivity contribution >= 4 is 34.1 Å². The fraction of sp³-hybridized carbons (Fsp3) is 0.435. The van der Waals surface area contributed by atoms with Crippen molar-refractivity contribution in [3.05, 3.63) is 45.8 Å². The maximum atomic E-state index is 12.9. The maximum Gasteiger partial charge on any atom is 0.262 e. The summed E-state index contributed by atoms with van der Waals surface area (Å²) < 4.78 is 10.6. The Morgan fingerprint density at radius 2 is 1.88 bits per heavy atom. The Kier molecular flexibility index (Phi) is 8.64. The average molecular weight is 460 g/mol. The van der Waals surface area contributed by atoms with Gasteiger partial charge < -0.3 is 25.8 Å². The van der Waals surface area contributed by atoms with Crippen LogP contribution in [0.3, 0.4) is 0 Å². The highest BCUT2D eigenvalue weighted by Crippen LogP contribution is 2.38. The molecule has 32 heavy (non-hydrogen) atoms. The van der Waals surface area contributed by atoms with Crippen LogP contribution in [0.15, 0.2) is 24.3 Å². The van der Waals surface area contributed by atoms with E-state index in [4.69, 9.17) is 15.2 Å². The molecule has 3 amide bonds. The number of nitrogens with two attached hydrogens (primary N) is 1. The monoisotopic (exact) mass is 459 g/mol. The molecule has 0 atom stereocenters. The fourth-order valence-electron chi connectivity index (χ4n) is 3.62. The zero-order valence-corrected chi connectivity index (χ0v) is 19.0.